The minimum absolute atomic E-state index is 0.0671. The molecule has 1 aromatic heterocycles. The van der Waals surface area contributed by atoms with E-state index in [2.05, 4.69) is 13.8 Å². The normalized spacial score (nSPS) is 13.1. The summed E-state index contributed by atoms with van der Waals surface area (Å²) in [6.07, 6.45) is -23.9. The zero-order valence-corrected chi connectivity index (χ0v) is 40.8. The quantitative estimate of drug-likeness (QED) is 0.123. The predicted molar refractivity (Wildman–Crippen MR) is 268 cm³/mol. The lowest BCUT2D eigenvalue weighted by molar-refractivity contribution is -0.144. The van der Waals surface area contributed by atoms with Crippen molar-refractivity contribution in [1.82, 2.24) is 4.57 Å². The third-order valence-corrected chi connectivity index (χ3v) is 12.2. The number of para-hydroxylation sites is 2. The Labute approximate surface area is 434 Å². The highest BCUT2D eigenvalue weighted by atomic mass is 19.4. The number of nitrogens with zero attached hydrogens (tertiary/aromatic N) is 2. The third kappa shape index (κ3) is 11.4. The molecule has 0 saturated carbocycles. The van der Waals surface area contributed by atoms with Gasteiger partial charge in [0.2, 0.25) is 0 Å². The maximum atomic E-state index is 15.3. The minimum atomic E-state index is -5.29. The largest absolute Gasteiger partial charge is 0.416 e. The monoisotopic (exact) mass is 1090 g/mol. The second-order valence-electron chi connectivity index (χ2n) is 17.9. The molecular weight excluding hydrogens is 1050 g/mol. The average Bonchev–Trinajstić information content (AvgIpc) is 4.07. The highest BCUT2D eigenvalue weighted by Gasteiger charge is 2.42. The van der Waals surface area contributed by atoms with Crippen LogP contribution in [-0.2, 0) is 24.7 Å². The first-order valence-corrected chi connectivity index (χ1v) is 23.5. The second kappa shape index (κ2) is 20.9. The number of hydrogen-bond donors (Lipinski definition) is 0. The van der Waals surface area contributed by atoms with Gasteiger partial charge in [-0.2, -0.15) is 65.9 Å². The fourth-order valence-electron chi connectivity index (χ4n) is 9.11. The van der Waals surface area contributed by atoms with Gasteiger partial charge in [0.05, 0.1) is 55.8 Å². The topological polar surface area (TPSA) is 42.3 Å². The lowest BCUT2D eigenvalue weighted by Gasteiger charge is -2.20. The Bertz CT molecular complexity index is 3520. The van der Waals surface area contributed by atoms with Gasteiger partial charge >= 0.3 is 30.9 Å². The zero-order valence-electron chi connectivity index (χ0n) is 40.8. The van der Waals surface area contributed by atoms with E-state index in [0.717, 1.165) is 16.0 Å². The predicted octanol–water partition coefficient (Wildman–Crippen LogP) is 19.3. The van der Waals surface area contributed by atoms with Gasteiger partial charge < -0.3 is 4.57 Å². The summed E-state index contributed by atoms with van der Waals surface area (Å²) in [5.74, 6) is -1.78. The number of amides is 2. The minimum Gasteiger partial charge on any atom is -0.307 e. The van der Waals surface area contributed by atoms with Crippen molar-refractivity contribution in [2.75, 3.05) is 4.90 Å². The summed E-state index contributed by atoms with van der Waals surface area (Å²) in [5, 5.41) is 0.134. The van der Waals surface area contributed by atoms with Crippen LogP contribution >= 0.6 is 0 Å². The molecule has 402 valence electrons. The van der Waals surface area contributed by atoms with E-state index in [-0.39, 0.29) is 74.5 Å². The number of hydrogen-bond acceptors (Lipinski definition) is 2. The van der Waals surface area contributed by atoms with Crippen LogP contribution in [0.5, 0.6) is 0 Å². The molecule has 0 radical (unpaired) electrons. The summed E-state index contributed by atoms with van der Waals surface area (Å²) in [7, 11) is 0. The fraction of sp³-hybridized carbons (Fsp3) is 0.153. The van der Waals surface area contributed by atoms with Gasteiger partial charge in [0.1, 0.15) is 0 Å². The van der Waals surface area contributed by atoms with Gasteiger partial charge in [-0.25, -0.2) is 4.90 Å². The first-order chi connectivity index (χ1) is 36.5. The van der Waals surface area contributed by atoms with Crippen molar-refractivity contribution in [2.24, 2.45) is 0 Å². The van der Waals surface area contributed by atoms with Crippen molar-refractivity contribution in [3.63, 3.8) is 0 Å². The van der Waals surface area contributed by atoms with Gasteiger partial charge in [-0.1, -0.05) is 129 Å². The van der Waals surface area contributed by atoms with Crippen molar-refractivity contribution in [3.8, 4) is 50.2 Å². The molecule has 10 rings (SSSR count). The molecule has 8 aromatic carbocycles. The van der Waals surface area contributed by atoms with Gasteiger partial charge in [0.15, 0.2) is 0 Å². The Balaban J connectivity index is 0.000000940. The Morgan fingerprint density at radius 1 is 0.359 bits per heavy atom. The van der Waals surface area contributed by atoms with Crippen molar-refractivity contribution in [3.05, 3.63) is 203 Å². The molecule has 0 saturated heterocycles. The second-order valence-corrected chi connectivity index (χ2v) is 17.9. The number of rotatable bonds is 6. The van der Waals surface area contributed by atoms with E-state index < -0.39 is 76.1 Å². The maximum Gasteiger partial charge on any atom is 0.416 e. The summed E-state index contributed by atoms with van der Waals surface area (Å²) in [6, 6.07) is 36.6. The number of fused-ring (bicyclic) bond motifs is 4. The Kier molecular flexibility index (Phi) is 15.0. The van der Waals surface area contributed by atoms with E-state index in [1.807, 2.05) is 30.3 Å². The van der Waals surface area contributed by atoms with E-state index in [4.69, 9.17) is 0 Å². The molecule has 2 amide bonds. The van der Waals surface area contributed by atoms with Gasteiger partial charge in [0, 0.05) is 34.4 Å². The molecule has 19 heteroatoms. The molecule has 0 unspecified atom stereocenters. The summed E-state index contributed by atoms with van der Waals surface area (Å²) in [4.78, 5) is 30.9. The van der Waals surface area contributed by atoms with Crippen LogP contribution in [0.1, 0.15) is 70.2 Å². The van der Waals surface area contributed by atoms with Crippen LogP contribution in [0.3, 0.4) is 0 Å². The maximum absolute atomic E-state index is 15.3. The van der Waals surface area contributed by atoms with E-state index in [0.29, 0.717) is 35.4 Å². The van der Waals surface area contributed by atoms with Crippen molar-refractivity contribution in [1.29, 1.82) is 0 Å². The standard InChI is InChI=1S/C54H28F12N2O2.C3H8.C2H3F3/c55-51(56,57)34-22-32(23-35(27-34)52(58,59)60)38-14-7-16-40-41-17-8-15-39(33-24-36(53(61,62)63)28-37(25-33)54(64,65)66)48(41)67(47(38)40)45-19-9-18-42-46(45)50(70)68(49(42)69)44-21-20-31(29-10-3-1-4-11-29)26-43(44)30-12-5-2-6-13-30;1-3-2;1-2(3,4)5/h1-28H;3H2,1-2H3;1H3. The van der Waals surface area contributed by atoms with Crippen LogP contribution in [0.2, 0.25) is 0 Å². The lowest BCUT2D eigenvalue weighted by atomic mass is 9.96. The van der Waals surface area contributed by atoms with Crippen LogP contribution in [0.15, 0.2) is 170 Å². The van der Waals surface area contributed by atoms with Crippen molar-refractivity contribution < 1.29 is 75.4 Å². The van der Waals surface area contributed by atoms with Crippen LogP contribution in [0.4, 0.5) is 71.5 Å². The molecule has 1 aliphatic heterocycles. The molecule has 1 aliphatic rings. The molecule has 0 atom stereocenters. The van der Waals surface area contributed by atoms with Gasteiger partial charge in [-0.15, -0.1) is 0 Å². The Morgan fingerprint density at radius 3 is 1.15 bits per heavy atom. The first-order valence-electron chi connectivity index (χ1n) is 23.5. The number of carbonyl (C=O) groups excluding carboxylic acids is 2. The molecule has 9 aromatic rings. The van der Waals surface area contributed by atoms with Crippen LogP contribution in [0, 0.1) is 0 Å². The highest BCUT2D eigenvalue weighted by molar-refractivity contribution is 6.36. The Hall–Kier alpha value is -8.35. The van der Waals surface area contributed by atoms with E-state index in [1.54, 1.807) is 48.5 Å². The molecular formula is C59H39F15N2O2. The number of benzene rings is 8. The molecule has 78 heavy (non-hydrogen) atoms. The van der Waals surface area contributed by atoms with E-state index in [9.17, 15) is 70.7 Å². The van der Waals surface area contributed by atoms with Crippen molar-refractivity contribution in [2.45, 2.75) is 58.1 Å². The fourth-order valence-corrected chi connectivity index (χ4v) is 9.11. The van der Waals surface area contributed by atoms with Gasteiger partial charge in [0.25, 0.3) is 11.8 Å². The van der Waals surface area contributed by atoms with Gasteiger partial charge in [-0.05, 0) is 88.5 Å². The van der Waals surface area contributed by atoms with Crippen LogP contribution in [-0.4, -0.2) is 22.6 Å². The summed E-state index contributed by atoms with van der Waals surface area (Å²) in [5.41, 5.74) is -7.00. The summed E-state index contributed by atoms with van der Waals surface area (Å²) >= 11 is 0. The molecule has 2 heterocycles. The van der Waals surface area contributed by atoms with Crippen LogP contribution < -0.4 is 4.90 Å². The number of carbonyl (C=O) groups is 2. The molecule has 0 bridgehead atoms. The smallest absolute Gasteiger partial charge is 0.307 e. The number of anilines is 1. The molecule has 0 N–H and O–H groups in total. The number of imide groups is 1. The lowest BCUT2D eigenvalue weighted by Crippen LogP contribution is -2.30. The molecule has 0 aliphatic carbocycles. The SMILES string of the molecule is CC(F)(F)F.CCC.O=C1c2cccc(-n3c4c(-c5cc(C(F)(F)F)cc(C(F)(F)F)c5)cccc4c4cccc(-c5cc(C(F)(F)F)cc(C(F)(F)F)c5)c43)c2C(=O)N1c1ccc(-c2ccccc2)cc1-c1ccccc1. The third-order valence-electron chi connectivity index (χ3n) is 12.2. The number of halogens is 15. The zero-order chi connectivity index (χ0) is 56.9. The highest BCUT2D eigenvalue weighted by Crippen LogP contribution is 2.48. The average molecular weight is 1090 g/mol. The first kappa shape index (κ1) is 55.9. The Morgan fingerprint density at radius 2 is 0.744 bits per heavy atom. The number of alkyl halides is 15. The van der Waals surface area contributed by atoms with Crippen LogP contribution in [0.25, 0.3) is 72.0 Å². The number of aromatic nitrogens is 1. The van der Waals surface area contributed by atoms with E-state index >= 15 is 4.79 Å². The molecule has 4 nitrogen and oxygen atoms in total. The molecule has 0 fully saturated rings. The molecule has 0 spiro atoms. The van der Waals surface area contributed by atoms with Crippen molar-refractivity contribution >= 4 is 39.3 Å². The summed E-state index contributed by atoms with van der Waals surface area (Å²) in [6.45, 7) is 4.44. The van der Waals surface area contributed by atoms with E-state index in [1.165, 1.54) is 65.6 Å². The van der Waals surface area contributed by atoms with Gasteiger partial charge in [-0.3, -0.25) is 9.59 Å². The summed E-state index contributed by atoms with van der Waals surface area (Å²) < 4.78 is 205.